The van der Waals surface area contributed by atoms with Gasteiger partial charge in [-0.1, -0.05) is 45.0 Å². The van der Waals surface area contributed by atoms with Crippen LogP contribution in [0.2, 0.25) is 0 Å². The molecule has 0 aliphatic heterocycles. The van der Waals surface area contributed by atoms with Crippen LogP contribution in [0.1, 0.15) is 58.5 Å². The minimum absolute atomic E-state index is 0.0223. The van der Waals surface area contributed by atoms with Gasteiger partial charge in [0.05, 0.1) is 22.5 Å². The fraction of sp³-hybridized carbons (Fsp3) is 0.200. The van der Waals surface area contributed by atoms with E-state index in [4.69, 9.17) is 0 Å². The summed E-state index contributed by atoms with van der Waals surface area (Å²) in [6.07, 6.45) is 0.891. The molecule has 3 aromatic carbocycles. The fourth-order valence-corrected chi connectivity index (χ4v) is 3.25. The summed E-state index contributed by atoms with van der Waals surface area (Å²) in [6.45, 7) is 6.23. The molecule has 0 amide bonds. The van der Waals surface area contributed by atoms with Crippen molar-refractivity contribution in [2.75, 3.05) is 10.6 Å². The van der Waals surface area contributed by atoms with E-state index in [1.807, 2.05) is 55.5 Å². The average molecular weight is 418 g/mol. The number of benzene rings is 3. The minimum Gasteiger partial charge on any atom is -0.478 e. The Hall–Kier alpha value is -3.80. The van der Waals surface area contributed by atoms with Gasteiger partial charge in [0.15, 0.2) is 0 Å². The number of anilines is 4. The molecule has 0 saturated heterocycles. The second kappa shape index (κ2) is 9.34. The van der Waals surface area contributed by atoms with Crippen LogP contribution in [-0.4, -0.2) is 22.2 Å². The van der Waals surface area contributed by atoms with Crippen LogP contribution in [0, 0.1) is 0 Å². The quantitative estimate of drug-likeness (QED) is 0.345. The Morgan fingerprint density at radius 3 is 1.55 bits per heavy atom. The third kappa shape index (κ3) is 5.22. The van der Waals surface area contributed by atoms with E-state index in [0.29, 0.717) is 17.3 Å². The Kier molecular flexibility index (Phi) is 6.60. The molecule has 0 unspecified atom stereocenters. The molecule has 3 rings (SSSR count). The van der Waals surface area contributed by atoms with Crippen molar-refractivity contribution >= 4 is 34.7 Å². The number of hydrogen-bond donors (Lipinski definition) is 4. The van der Waals surface area contributed by atoms with E-state index in [2.05, 4.69) is 24.5 Å². The van der Waals surface area contributed by atoms with E-state index in [0.717, 1.165) is 17.5 Å². The highest BCUT2D eigenvalue weighted by molar-refractivity contribution is 6.03. The molecule has 31 heavy (non-hydrogen) atoms. The Morgan fingerprint density at radius 2 is 1.19 bits per heavy atom. The molecule has 0 fully saturated rings. The van der Waals surface area contributed by atoms with Crippen molar-refractivity contribution < 1.29 is 19.8 Å². The first-order chi connectivity index (χ1) is 14.8. The highest BCUT2D eigenvalue weighted by Gasteiger charge is 2.19. The van der Waals surface area contributed by atoms with Gasteiger partial charge in [-0.25, -0.2) is 9.59 Å². The van der Waals surface area contributed by atoms with Gasteiger partial charge in [0, 0.05) is 11.4 Å². The third-order valence-corrected chi connectivity index (χ3v) is 5.12. The monoisotopic (exact) mass is 418 g/mol. The molecule has 0 heterocycles. The van der Waals surface area contributed by atoms with Crippen molar-refractivity contribution in [3.05, 3.63) is 82.9 Å². The molecule has 0 aromatic heterocycles. The Bertz CT molecular complexity index is 1090. The Morgan fingerprint density at radius 1 is 0.774 bits per heavy atom. The Balaban J connectivity index is 1.98. The van der Waals surface area contributed by atoms with Gasteiger partial charge in [0.25, 0.3) is 0 Å². The number of aryl methyl sites for hydroxylation is 1. The van der Waals surface area contributed by atoms with Crippen LogP contribution in [0.4, 0.5) is 22.7 Å². The highest BCUT2D eigenvalue weighted by Crippen LogP contribution is 2.31. The first-order valence-electron chi connectivity index (χ1n) is 10.2. The summed E-state index contributed by atoms with van der Waals surface area (Å²) < 4.78 is 0. The molecular formula is C25H26N2O4. The molecule has 4 N–H and O–H groups in total. The van der Waals surface area contributed by atoms with Crippen molar-refractivity contribution in [1.82, 2.24) is 0 Å². The van der Waals surface area contributed by atoms with Crippen molar-refractivity contribution in [1.29, 1.82) is 0 Å². The summed E-state index contributed by atoms with van der Waals surface area (Å²) in [5, 5.41) is 25.6. The second-order valence-electron chi connectivity index (χ2n) is 7.63. The summed E-state index contributed by atoms with van der Waals surface area (Å²) in [4.78, 5) is 23.8. The van der Waals surface area contributed by atoms with E-state index in [1.54, 1.807) is 0 Å². The predicted octanol–water partition coefficient (Wildman–Crippen LogP) is 6.26. The molecular weight excluding hydrogens is 392 g/mol. The normalized spacial score (nSPS) is 10.7. The molecule has 0 saturated carbocycles. The van der Waals surface area contributed by atoms with Gasteiger partial charge in [0.2, 0.25) is 0 Å². The van der Waals surface area contributed by atoms with E-state index in [9.17, 15) is 19.8 Å². The molecule has 160 valence electrons. The lowest BCUT2D eigenvalue weighted by Gasteiger charge is -2.16. The molecule has 0 atom stereocenters. The largest absolute Gasteiger partial charge is 0.478 e. The van der Waals surface area contributed by atoms with Gasteiger partial charge in [0.1, 0.15) is 0 Å². The zero-order chi connectivity index (χ0) is 22.5. The standard InChI is InChI=1S/C25H26N2O4/c1-4-16-5-9-18(10-6-16)26-22-13-21(25(30)31)23(14-20(22)24(28)29)27-19-11-7-17(8-12-19)15(2)3/h5-15,26-27H,4H2,1-3H3,(H,28,29)(H,30,31). The van der Waals surface area contributed by atoms with Gasteiger partial charge in [-0.2, -0.15) is 0 Å². The number of hydrogen-bond acceptors (Lipinski definition) is 4. The Labute approximate surface area is 181 Å². The predicted molar refractivity (Wildman–Crippen MR) is 123 cm³/mol. The smallest absolute Gasteiger partial charge is 0.337 e. The minimum atomic E-state index is -1.15. The van der Waals surface area contributed by atoms with Crippen molar-refractivity contribution in [3.63, 3.8) is 0 Å². The average Bonchev–Trinajstić information content (AvgIpc) is 2.75. The first-order valence-corrected chi connectivity index (χ1v) is 10.2. The maximum atomic E-state index is 11.9. The van der Waals surface area contributed by atoms with E-state index in [1.165, 1.54) is 12.1 Å². The fourth-order valence-electron chi connectivity index (χ4n) is 3.25. The summed E-state index contributed by atoms with van der Waals surface area (Å²) in [5.41, 5.74) is 4.06. The van der Waals surface area contributed by atoms with Crippen molar-refractivity contribution in [3.8, 4) is 0 Å². The lowest BCUT2D eigenvalue weighted by molar-refractivity contribution is 0.0683. The topological polar surface area (TPSA) is 98.7 Å². The molecule has 0 spiro atoms. The highest BCUT2D eigenvalue weighted by atomic mass is 16.4. The second-order valence-corrected chi connectivity index (χ2v) is 7.63. The van der Waals surface area contributed by atoms with Crippen LogP contribution in [0.3, 0.4) is 0 Å². The van der Waals surface area contributed by atoms with Gasteiger partial charge < -0.3 is 20.8 Å². The lowest BCUT2D eigenvalue weighted by Crippen LogP contribution is -2.09. The molecule has 6 heteroatoms. The van der Waals surface area contributed by atoms with Gasteiger partial charge in [-0.3, -0.25) is 0 Å². The van der Waals surface area contributed by atoms with E-state index >= 15 is 0 Å². The zero-order valence-corrected chi connectivity index (χ0v) is 17.8. The summed E-state index contributed by atoms with van der Waals surface area (Å²) in [7, 11) is 0. The molecule has 0 bridgehead atoms. The van der Waals surface area contributed by atoms with Crippen LogP contribution in [0.25, 0.3) is 0 Å². The van der Waals surface area contributed by atoms with Crippen molar-refractivity contribution in [2.45, 2.75) is 33.1 Å². The molecule has 0 aliphatic carbocycles. The zero-order valence-electron chi connectivity index (χ0n) is 17.8. The van der Waals surface area contributed by atoms with Gasteiger partial charge in [-0.15, -0.1) is 0 Å². The van der Waals surface area contributed by atoms with E-state index in [-0.39, 0.29) is 22.5 Å². The number of carboxylic acids is 2. The number of aromatic carboxylic acids is 2. The van der Waals surface area contributed by atoms with Crippen LogP contribution in [0.5, 0.6) is 0 Å². The SMILES string of the molecule is CCc1ccc(Nc2cc(C(=O)O)c(Nc3ccc(C(C)C)cc3)cc2C(=O)O)cc1. The third-order valence-electron chi connectivity index (χ3n) is 5.12. The number of carboxylic acid groups (broad SMARTS) is 2. The molecule has 0 aliphatic rings. The van der Waals surface area contributed by atoms with Crippen LogP contribution in [0.15, 0.2) is 60.7 Å². The summed E-state index contributed by atoms with van der Waals surface area (Å²) in [5.74, 6) is -1.93. The van der Waals surface area contributed by atoms with E-state index < -0.39 is 11.9 Å². The van der Waals surface area contributed by atoms with Crippen LogP contribution >= 0.6 is 0 Å². The van der Waals surface area contributed by atoms with Crippen LogP contribution in [-0.2, 0) is 6.42 Å². The molecule has 6 nitrogen and oxygen atoms in total. The molecule has 3 aromatic rings. The first kappa shape index (κ1) is 21.9. The number of nitrogens with one attached hydrogen (secondary N) is 2. The number of rotatable bonds is 8. The van der Waals surface area contributed by atoms with Gasteiger partial charge in [-0.05, 0) is 59.9 Å². The van der Waals surface area contributed by atoms with Crippen molar-refractivity contribution in [2.24, 2.45) is 0 Å². The number of carbonyl (C=O) groups is 2. The summed E-state index contributed by atoms with van der Waals surface area (Å²) >= 11 is 0. The van der Waals surface area contributed by atoms with Crippen LogP contribution < -0.4 is 10.6 Å². The lowest BCUT2D eigenvalue weighted by atomic mass is 10.0. The van der Waals surface area contributed by atoms with Gasteiger partial charge >= 0.3 is 11.9 Å². The summed E-state index contributed by atoms with van der Waals surface area (Å²) in [6, 6.07) is 17.9. The molecule has 0 radical (unpaired) electrons. The maximum Gasteiger partial charge on any atom is 0.337 e. The maximum absolute atomic E-state index is 11.9.